The molecule has 1 atom stereocenters. The molecule has 0 saturated carbocycles. The van der Waals surface area contributed by atoms with E-state index in [1.54, 1.807) is 6.07 Å². The first-order valence-corrected chi connectivity index (χ1v) is 7.70. The number of esters is 1. The maximum atomic E-state index is 12.0. The zero-order valence-corrected chi connectivity index (χ0v) is 13.7. The maximum absolute atomic E-state index is 12.0. The summed E-state index contributed by atoms with van der Waals surface area (Å²) in [4.78, 5) is 12.0. The van der Waals surface area contributed by atoms with Gasteiger partial charge in [0.2, 0.25) is 0 Å². The van der Waals surface area contributed by atoms with E-state index in [9.17, 15) is 4.79 Å². The van der Waals surface area contributed by atoms with Gasteiger partial charge in [-0.2, -0.15) is 0 Å². The largest absolute Gasteiger partial charge is 0.462 e. The Kier molecular flexibility index (Phi) is 5.39. The Hall–Kier alpha value is -1.81. The first kappa shape index (κ1) is 15.6. The molecular formula is C17H18BrNO2. The molecule has 0 bridgehead atoms. The molecule has 0 spiro atoms. The van der Waals surface area contributed by atoms with Gasteiger partial charge in [0.1, 0.15) is 0 Å². The van der Waals surface area contributed by atoms with Crippen molar-refractivity contribution >= 4 is 27.6 Å². The molecule has 0 heterocycles. The topological polar surface area (TPSA) is 38.3 Å². The third-order valence-corrected chi connectivity index (χ3v) is 3.86. The molecule has 0 aliphatic carbocycles. The zero-order chi connectivity index (χ0) is 15.2. The Labute approximate surface area is 133 Å². The molecule has 4 heteroatoms. The molecule has 2 aromatic rings. The summed E-state index contributed by atoms with van der Waals surface area (Å²) in [6.07, 6.45) is 0. The van der Waals surface area contributed by atoms with Crippen molar-refractivity contribution in [1.29, 1.82) is 0 Å². The van der Waals surface area contributed by atoms with Gasteiger partial charge in [0, 0.05) is 16.2 Å². The molecule has 0 aliphatic rings. The number of ether oxygens (including phenoxy) is 1. The molecule has 0 radical (unpaired) electrons. The van der Waals surface area contributed by atoms with Crippen LogP contribution in [0.4, 0.5) is 5.69 Å². The second-order valence-corrected chi connectivity index (χ2v) is 5.51. The Morgan fingerprint density at radius 3 is 2.57 bits per heavy atom. The van der Waals surface area contributed by atoms with Gasteiger partial charge in [-0.25, -0.2) is 4.79 Å². The number of benzene rings is 2. The Morgan fingerprint density at radius 2 is 1.86 bits per heavy atom. The Morgan fingerprint density at radius 1 is 1.19 bits per heavy atom. The van der Waals surface area contributed by atoms with Gasteiger partial charge in [-0.1, -0.05) is 30.3 Å². The normalized spacial score (nSPS) is 11.8. The SMILES string of the molecule is CCOC(=O)c1ccccc1[C@H](C)Nc1ccccc1Br. The molecule has 0 fully saturated rings. The van der Waals surface area contributed by atoms with Gasteiger partial charge >= 0.3 is 5.97 Å². The summed E-state index contributed by atoms with van der Waals surface area (Å²) in [6.45, 7) is 4.21. The highest BCUT2D eigenvalue weighted by molar-refractivity contribution is 9.10. The molecule has 2 rings (SSSR count). The lowest BCUT2D eigenvalue weighted by atomic mass is 10.0. The van der Waals surface area contributed by atoms with Gasteiger partial charge in [0.15, 0.2) is 0 Å². The summed E-state index contributed by atoms with van der Waals surface area (Å²) in [7, 11) is 0. The van der Waals surface area contributed by atoms with E-state index in [0.29, 0.717) is 12.2 Å². The van der Waals surface area contributed by atoms with Crippen LogP contribution in [0.25, 0.3) is 0 Å². The van der Waals surface area contributed by atoms with Gasteiger partial charge in [0.25, 0.3) is 0 Å². The van der Waals surface area contributed by atoms with E-state index < -0.39 is 0 Å². The number of hydrogen-bond donors (Lipinski definition) is 1. The fourth-order valence-electron chi connectivity index (χ4n) is 2.16. The summed E-state index contributed by atoms with van der Waals surface area (Å²) >= 11 is 3.52. The van der Waals surface area contributed by atoms with E-state index in [0.717, 1.165) is 15.7 Å². The van der Waals surface area contributed by atoms with Gasteiger partial charge in [-0.3, -0.25) is 0 Å². The van der Waals surface area contributed by atoms with E-state index in [2.05, 4.69) is 21.2 Å². The van der Waals surface area contributed by atoms with Crippen molar-refractivity contribution in [3.63, 3.8) is 0 Å². The van der Waals surface area contributed by atoms with Crippen molar-refractivity contribution in [2.75, 3.05) is 11.9 Å². The number of rotatable bonds is 5. The monoisotopic (exact) mass is 347 g/mol. The molecule has 0 amide bonds. The summed E-state index contributed by atoms with van der Waals surface area (Å²) in [6, 6.07) is 15.4. The van der Waals surface area contributed by atoms with Gasteiger partial charge in [0.05, 0.1) is 12.2 Å². The van der Waals surface area contributed by atoms with Crippen LogP contribution in [0.5, 0.6) is 0 Å². The van der Waals surface area contributed by atoms with Crippen LogP contribution in [0.2, 0.25) is 0 Å². The Bertz CT molecular complexity index is 628. The van der Waals surface area contributed by atoms with Crippen molar-refractivity contribution in [2.24, 2.45) is 0 Å². The quantitative estimate of drug-likeness (QED) is 0.789. The lowest BCUT2D eigenvalue weighted by molar-refractivity contribution is 0.0524. The number of nitrogens with one attached hydrogen (secondary N) is 1. The molecule has 0 aliphatic heterocycles. The summed E-state index contributed by atoms with van der Waals surface area (Å²) in [5, 5.41) is 3.41. The summed E-state index contributed by atoms with van der Waals surface area (Å²) in [5.41, 5.74) is 2.52. The molecule has 3 nitrogen and oxygen atoms in total. The summed E-state index contributed by atoms with van der Waals surface area (Å²) in [5.74, 6) is -0.283. The molecule has 110 valence electrons. The second kappa shape index (κ2) is 7.27. The minimum atomic E-state index is -0.283. The molecule has 0 unspecified atom stereocenters. The lowest BCUT2D eigenvalue weighted by Gasteiger charge is -2.19. The van der Waals surface area contributed by atoms with Crippen molar-refractivity contribution in [1.82, 2.24) is 0 Å². The van der Waals surface area contributed by atoms with Gasteiger partial charge < -0.3 is 10.1 Å². The minimum Gasteiger partial charge on any atom is -0.462 e. The smallest absolute Gasteiger partial charge is 0.338 e. The van der Waals surface area contributed by atoms with E-state index in [4.69, 9.17) is 4.74 Å². The third kappa shape index (κ3) is 3.85. The maximum Gasteiger partial charge on any atom is 0.338 e. The average Bonchev–Trinajstić information content (AvgIpc) is 2.50. The standard InChI is InChI=1S/C17H18BrNO2/c1-3-21-17(20)14-9-5-4-8-13(14)12(2)19-16-11-7-6-10-15(16)18/h4-12,19H,3H2,1-2H3/t12-/m0/s1. The van der Waals surface area contributed by atoms with E-state index >= 15 is 0 Å². The van der Waals surface area contributed by atoms with E-state index in [1.165, 1.54) is 0 Å². The molecule has 2 aromatic carbocycles. The highest BCUT2D eigenvalue weighted by atomic mass is 79.9. The predicted molar refractivity (Wildman–Crippen MR) is 88.6 cm³/mol. The van der Waals surface area contributed by atoms with Crippen molar-refractivity contribution in [2.45, 2.75) is 19.9 Å². The third-order valence-electron chi connectivity index (χ3n) is 3.17. The minimum absolute atomic E-state index is 0.00990. The lowest BCUT2D eigenvalue weighted by Crippen LogP contribution is -2.14. The molecule has 1 N–H and O–H groups in total. The highest BCUT2D eigenvalue weighted by Crippen LogP contribution is 2.27. The second-order valence-electron chi connectivity index (χ2n) is 4.65. The van der Waals surface area contributed by atoms with E-state index in [1.807, 2.05) is 56.3 Å². The number of hydrogen-bond acceptors (Lipinski definition) is 3. The van der Waals surface area contributed by atoms with Crippen molar-refractivity contribution in [3.05, 3.63) is 64.1 Å². The van der Waals surface area contributed by atoms with Crippen LogP contribution >= 0.6 is 15.9 Å². The van der Waals surface area contributed by atoms with Crippen LogP contribution in [0.1, 0.15) is 35.8 Å². The molecule has 21 heavy (non-hydrogen) atoms. The Balaban J connectivity index is 2.25. The first-order valence-electron chi connectivity index (χ1n) is 6.90. The average molecular weight is 348 g/mol. The van der Waals surface area contributed by atoms with Crippen molar-refractivity contribution in [3.8, 4) is 0 Å². The number of anilines is 1. The fraction of sp³-hybridized carbons (Fsp3) is 0.235. The van der Waals surface area contributed by atoms with Crippen molar-refractivity contribution < 1.29 is 9.53 Å². The number of carbonyl (C=O) groups excluding carboxylic acids is 1. The zero-order valence-electron chi connectivity index (χ0n) is 12.1. The van der Waals surface area contributed by atoms with Gasteiger partial charge in [-0.15, -0.1) is 0 Å². The van der Waals surface area contributed by atoms with E-state index in [-0.39, 0.29) is 12.0 Å². The number of para-hydroxylation sites is 1. The van der Waals surface area contributed by atoms with Crippen LogP contribution in [0, 0.1) is 0 Å². The first-order chi connectivity index (χ1) is 10.1. The van der Waals surface area contributed by atoms with Crippen LogP contribution in [-0.4, -0.2) is 12.6 Å². The van der Waals surface area contributed by atoms with Crippen LogP contribution in [0.15, 0.2) is 53.0 Å². The number of halogens is 1. The van der Waals surface area contributed by atoms with Crippen LogP contribution < -0.4 is 5.32 Å². The molecule has 0 aromatic heterocycles. The fourth-order valence-corrected chi connectivity index (χ4v) is 2.56. The molecule has 0 saturated heterocycles. The van der Waals surface area contributed by atoms with Crippen LogP contribution in [-0.2, 0) is 4.74 Å². The predicted octanol–water partition coefficient (Wildman–Crippen LogP) is 4.80. The van der Waals surface area contributed by atoms with Gasteiger partial charge in [-0.05, 0) is 53.5 Å². The highest BCUT2D eigenvalue weighted by Gasteiger charge is 2.16. The molecular weight excluding hydrogens is 330 g/mol. The summed E-state index contributed by atoms with van der Waals surface area (Å²) < 4.78 is 6.11. The number of carbonyl (C=O) groups is 1. The van der Waals surface area contributed by atoms with Crippen LogP contribution in [0.3, 0.4) is 0 Å².